The third-order valence-corrected chi connectivity index (χ3v) is 5.80. The van der Waals surface area contributed by atoms with Gasteiger partial charge in [-0.3, -0.25) is 9.78 Å². The predicted octanol–water partition coefficient (Wildman–Crippen LogP) is 3.99. The quantitative estimate of drug-likeness (QED) is 0.410. The molecule has 11 heteroatoms. The van der Waals surface area contributed by atoms with E-state index >= 15 is 0 Å². The number of nitrogens with one attached hydrogen (secondary N) is 3. The average Bonchev–Trinajstić information content (AvgIpc) is 3.24. The Bertz CT molecular complexity index is 1360. The maximum atomic E-state index is 14.5. The van der Waals surface area contributed by atoms with Gasteiger partial charge in [0.1, 0.15) is 17.3 Å². The molecule has 1 fully saturated rings. The Morgan fingerprint density at radius 3 is 2.68 bits per heavy atom. The zero-order valence-corrected chi connectivity index (χ0v) is 17.9. The molecule has 34 heavy (non-hydrogen) atoms. The summed E-state index contributed by atoms with van der Waals surface area (Å²) in [6, 6.07) is 2.12. The largest absolute Gasteiger partial charge is 0.365 e. The van der Waals surface area contributed by atoms with Crippen molar-refractivity contribution < 1.29 is 18.0 Å². The molecule has 174 valence electrons. The van der Waals surface area contributed by atoms with Gasteiger partial charge in [-0.1, -0.05) is 0 Å². The number of nitrogens with zero attached hydrogens (tertiary/aromatic N) is 4. The minimum atomic E-state index is -0.620. The third-order valence-electron chi connectivity index (χ3n) is 5.80. The molecular weight excluding hydrogens is 447 g/mol. The lowest BCUT2D eigenvalue weighted by atomic mass is 9.90. The van der Waals surface area contributed by atoms with Crippen LogP contribution >= 0.6 is 0 Å². The molecule has 0 spiro atoms. The highest BCUT2D eigenvalue weighted by Crippen LogP contribution is 2.28. The number of hydrogen-bond acceptors (Lipinski definition) is 6. The minimum Gasteiger partial charge on any atom is -0.365 e. The summed E-state index contributed by atoms with van der Waals surface area (Å²) in [7, 11) is 0. The zero-order chi connectivity index (χ0) is 23.7. The summed E-state index contributed by atoms with van der Waals surface area (Å²) in [6.07, 6.45) is 8.95. The first-order valence-electron chi connectivity index (χ1n) is 10.8. The normalized spacial score (nSPS) is 18.1. The van der Waals surface area contributed by atoms with Crippen molar-refractivity contribution in [2.45, 2.75) is 37.8 Å². The summed E-state index contributed by atoms with van der Waals surface area (Å²) < 4.78 is 41.6. The lowest BCUT2D eigenvalue weighted by Gasteiger charge is -2.30. The smallest absolute Gasteiger partial charge is 0.253 e. The lowest BCUT2D eigenvalue weighted by molar-refractivity contribution is 0.0925. The first kappa shape index (κ1) is 21.8. The number of carbonyl (C=O) groups excluding carboxylic acids is 1. The highest BCUT2D eigenvalue weighted by Gasteiger charge is 2.25. The van der Waals surface area contributed by atoms with Gasteiger partial charge in [-0.05, 0) is 37.8 Å². The number of rotatable bonds is 5. The fourth-order valence-electron chi connectivity index (χ4n) is 4.21. The number of halogens is 3. The van der Waals surface area contributed by atoms with Crippen molar-refractivity contribution in [3.05, 3.63) is 66.1 Å². The SMILES string of the molecule is O=C(N[C@H]1CCC[C@@H](Nc2nc(-c3c[nH]c4ncc(F)cc34)ncc2F)C1)c1cncc(F)c1. The number of carbonyl (C=O) groups is 1. The summed E-state index contributed by atoms with van der Waals surface area (Å²) in [5.41, 5.74) is 1.12. The molecule has 5 rings (SSSR count). The van der Waals surface area contributed by atoms with Gasteiger partial charge in [0.2, 0.25) is 0 Å². The Morgan fingerprint density at radius 2 is 1.82 bits per heavy atom. The van der Waals surface area contributed by atoms with Crippen molar-refractivity contribution in [3.8, 4) is 11.4 Å². The third kappa shape index (κ3) is 4.54. The molecule has 0 aromatic carbocycles. The second-order valence-corrected chi connectivity index (χ2v) is 8.21. The summed E-state index contributed by atoms with van der Waals surface area (Å²) >= 11 is 0. The number of pyridine rings is 2. The molecule has 8 nitrogen and oxygen atoms in total. The molecule has 3 N–H and O–H groups in total. The molecule has 0 radical (unpaired) electrons. The van der Waals surface area contributed by atoms with Gasteiger partial charge in [-0.15, -0.1) is 0 Å². The monoisotopic (exact) mass is 467 g/mol. The summed E-state index contributed by atoms with van der Waals surface area (Å²) in [5.74, 6) is -1.87. The van der Waals surface area contributed by atoms with Crippen LogP contribution in [0.3, 0.4) is 0 Å². The van der Waals surface area contributed by atoms with Gasteiger partial charge < -0.3 is 15.6 Å². The number of hydrogen-bond donors (Lipinski definition) is 3. The molecule has 1 saturated carbocycles. The maximum Gasteiger partial charge on any atom is 0.253 e. The van der Waals surface area contributed by atoms with E-state index < -0.39 is 23.4 Å². The van der Waals surface area contributed by atoms with Gasteiger partial charge in [0.05, 0.1) is 24.2 Å². The Labute approximate surface area is 192 Å². The number of H-pyrrole nitrogens is 1. The van der Waals surface area contributed by atoms with Gasteiger partial charge in [0.15, 0.2) is 17.5 Å². The van der Waals surface area contributed by atoms with E-state index in [2.05, 4.69) is 35.6 Å². The van der Waals surface area contributed by atoms with E-state index in [1.165, 1.54) is 12.3 Å². The van der Waals surface area contributed by atoms with Crippen molar-refractivity contribution in [2.24, 2.45) is 0 Å². The molecule has 0 unspecified atom stereocenters. The van der Waals surface area contributed by atoms with E-state index in [-0.39, 0.29) is 29.3 Å². The van der Waals surface area contributed by atoms with Crippen molar-refractivity contribution >= 4 is 22.8 Å². The second-order valence-electron chi connectivity index (χ2n) is 8.21. The van der Waals surface area contributed by atoms with Crippen molar-refractivity contribution in [1.29, 1.82) is 0 Å². The van der Waals surface area contributed by atoms with Crippen LogP contribution in [0.2, 0.25) is 0 Å². The Kier molecular flexibility index (Phi) is 5.83. The second kappa shape index (κ2) is 9.08. The molecule has 1 aliphatic rings. The van der Waals surface area contributed by atoms with E-state index in [0.717, 1.165) is 43.9 Å². The number of aromatic amines is 1. The minimum absolute atomic E-state index is 0.0232. The van der Waals surface area contributed by atoms with Crippen LogP contribution in [0.25, 0.3) is 22.4 Å². The molecule has 1 amide bonds. The number of fused-ring (bicyclic) bond motifs is 1. The van der Waals surface area contributed by atoms with Crippen molar-refractivity contribution in [3.63, 3.8) is 0 Å². The molecule has 0 aliphatic heterocycles. The van der Waals surface area contributed by atoms with Crippen LogP contribution in [-0.2, 0) is 0 Å². The first-order valence-corrected chi connectivity index (χ1v) is 10.8. The van der Waals surface area contributed by atoms with E-state index in [4.69, 9.17) is 0 Å². The molecule has 0 saturated heterocycles. The zero-order valence-electron chi connectivity index (χ0n) is 17.9. The van der Waals surface area contributed by atoms with Crippen LogP contribution in [-0.4, -0.2) is 42.9 Å². The van der Waals surface area contributed by atoms with E-state index in [1.54, 1.807) is 6.20 Å². The highest BCUT2D eigenvalue weighted by atomic mass is 19.1. The molecule has 2 atom stereocenters. The first-order chi connectivity index (χ1) is 16.5. The summed E-state index contributed by atoms with van der Waals surface area (Å²) in [6.45, 7) is 0. The average molecular weight is 467 g/mol. The number of anilines is 1. The van der Waals surface area contributed by atoms with Crippen LogP contribution in [0.5, 0.6) is 0 Å². The molecule has 1 aliphatic carbocycles. The van der Waals surface area contributed by atoms with Gasteiger partial charge >= 0.3 is 0 Å². The molecular formula is C23H20F3N7O. The van der Waals surface area contributed by atoms with Crippen LogP contribution in [0.1, 0.15) is 36.0 Å². The fraction of sp³-hybridized carbons (Fsp3) is 0.261. The van der Waals surface area contributed by atoms with Crippen LogP contribution in [0.4, 0.5) is 19.0 Å². The van der Waals surface area contributed by atoms with Crippen LogP contribution < -0.4 is 10.6 Å². The molecule has 0 bridgehead atoms. The maximum absolute atomic E-state index is 14.5. The van der Waals surface area contributed by atoms with E-state index in [1.807, 2.05) is 0 Å². The molecule has 4 heterocycles. The lowest BCUT2D eigenvalue weighted by Crippen LogP contribution is -2.42. The van der Waals surface area contributed by atoms with Gasteiger partial charge in [-0.25, -0.2) is 28.1 Å². The Balaban J connectivity index is 1.31. The standard InChI is InChI=1S/C23H20F3N7O/c24-13-4-12(7-27-8-13)23(34)32-16-3-1-2-15(6-16)31-22-19(26)11-30-21(33-22)18-10-29-20-17(18)5-14(25)9-28-20/h4-5,7-11,15-16H,1-3,6H2,(H,28,29)(H,32,34)(H,30,31,33)/t15-,16+/m1/s1. The summed E-state index contributed by atoms with van der Waals surface area (Å²) in [5, 5.41) is 6.50. The predicted molar refractivity (Wildman–Crippen MR) is 118 cm³/mol. The van der Waals surface area contributed by atoms with Crippen molar-refractivity contribution in [2.75, 3.05) is 5.32 Å². The Hall–Kier alpha value is -4.02. The van der Waals surface area contributed by atoms with E-state index in [9.17, 15) is 18.0 Å². The van der Waals surface area contributed by atoms with Gasteiger partial charge in [-0.2, -0.15) is 0 Å². The van der Waals surface area contributed by atoms with Crippen LogP contribution in [0.15, 0.2) is 43.1 Å². The molecule has 4 aromatic rings. The molecule has 4 aromatic heterocycles. The highest BCUT2D eigenvalue weighted by molar-refractivity contribution is 5.94. The number of aromatic nitrogens is 5. The Morgan fingerprint density at radius 1 is 1.00 bits per heavy atom. The van der Waals surface area contributed by atoms with Crippen molar-refractivity contribution in [1.82, 2.24) is 30.2 Å². The number of amides is 1. The van der Waals surface area contributed by atoms with E-state index in [0.29, 0.717) is 23.0 Å². The summed E-state index contributed by atoms with van der Waals surface area (Å²) in [4.78, 5) is 31.4. The van der Waals surface area contributed by atoms with Crippen LogP contribution in [0, 0.1) is 17.5 Å². The topological polar surface area (TPSA) is 108 Å². The fourth-order valence-corrected chi connectivity index (χ4v) is 4.21. The van der Waals surface area contributed by atoms with Gasteiger partial charge in [0.25, 0.3) is 5.91 Å². The van der Waals surface area contributed by atoms with Gasteiger partial charge in [0, 0.05) is 35.4 Å².